The van der Waals surface area contributed by atoms with Gasteiger partial charge in [0.25, 0.3) is 5.91 Å². The van der Waals surface area contributed by atoms with Gasteiger partial charge in [-0.2, -0.15) is 0 Å². The van der Waals surface area contributed by atoms with Crippen molar-refractivity contribution in [3.8, 4) is 0 Å². The Labute approximate surface area is 134 Å². The maximum Gasteiger partial charge on any atom is 0.341 e. The van der Waals surface area contributed by atoms with Crippen LogP contribution in [0.3, 0.4) is 0 Å². The highest BCUT2D eigenvalue weighted by atomic mass is 32.1. The summed E-state index contributed by atoms with van der Waals surface area (Å²) in [5, 5.41) is 5.80. The first-order valence-electron chi connectivity index (χ1n) is 7.10. The molecule has 0 bridgehead atoms. The van der Waals surface area contributed by atoms with Crippen LogP contribution in [0.4, 0.5) is 5.00 Å². The molecule has 0 saturated heterocycles. The highest BCUT2D eigenvalue weighted by Crippen LogP contribution is 2.32. The number of carbonyl (C=O) groups excluding carboxylic acids is 3. The number of thiophene rings is 1. The topological polar surface area (TPSA) is 84.5 Å². The van der Waals surface area contributed by atoms with Gasteiger partial charge in [-0.05, 0) is 32.8 Å². The summed E-state index contributed by atoms with van der Waals surface area (Å²) in [5.41, 5.74) is 1.06. The van der Waals surface area contributed by atoms with Crippen molar-refractivity contribution >= 4 is 34.1 Å². The van der Waals surface area contributed by atoms with Gasteiger partial charge in [0.1, 0.15) is 5.00 Å². The molecular formula is C15H22N2O4S. The minimum atomic E-state index is -0.607. The van der Waals surface area contributed by atoms with Crippen molar-refractivity contribution in [2.24, 2.45) is 0 Å². The Balaban J connectivity index is 2.77. The van der Waals surface area contributed by atoms with Crippen LogP contribution < -0.4 is 10.6 Å². The molecule has 1 rings (SSSR count). The monoisotopic (exact) mass is 326 g/mol. The third kappa shape index (κ3) is 4.84. The van der Waals surface area contributed by atoms with Crippen LogP contribution in [0.25, 0.3) is 0 Å². The van der Waals surface area contributed by atoms with Crippen molar-refractivity contribution in [2.45, 2.75) is 47.1 Å². The lowest BCUT2D eigenvalue weighted by Crippen LogP contribution is -2.35. The third-order valence-electron chi connectivity index (χ3n) is 3.23. The van der Waals surface area contributed by atoms with Crippen molar-refractivity contribution in [1.29, 1.82) is 0 Å². The largest absolute Gasteiger partial charge is 0.452 e. The second kappa shape index (κ2) is 7.93. The zero-order valence-electron chi connectivity index (χ0n) is 13.5. The summed E-state index contributed by atoms with van der Waals surface area (Å²) in [6.45, 7) is 8.51. The predicted molar refractivity (Wildman–Crippen MR) is 86.3 cm³/mol. The minimum Gasteiger partial charge on any atom is -0.452 e. The van der Waals surface area contributed by atoms with E-state index in [2.05, 4.69) is 10.6 Å². The first kappa shape index (κ1) is 18.2. The predicted octanol–water partition coefficient (Wildman–Crippen LogP) is 2.39. The second-order valence-corrected chi connectivity index (χ2v) is 6.35. The van der Waals surface area contributed by atoms with Crippen LogP contribution in [-0.2, 0) is 14.3 Å². The molecule has 0 aliphatic heterocycles. The zero-order valence-corrected chi connectivity index (χ0v) is 14.3. The zero-order chi connectivity index (χ0) is 16.9. The van der Waals surface area contributed by atoms with E-state index in [0.717, 1.165) is 16.9 Å². The number of amides is 2. The normalized spacial score (nSPS) is 11.7. The first-order valence-corrected chi connectivity index (χ1v) is 7.91. The highest BCUT2D eigenvalue weighted by Gasteiger charge is 2.22. The maximum atomic E-state index is 12.2. The maximum absolute atomic E-state index is 12.2. The Kier molecular flexibility index (Phi) is 6.55. The molecule has 22 heavy (non-hydrogen) atoms. The van der Waals surface area contributed by atoms with Gasteiger partial charge in [-0.15, -0.1) is 11.3 Å². The Hall–Kier alpha value is -1.89. The van der Waals surface area contributed by atoms with E-state index < -0.39 is 5.97 Å². The van der Waals surface area contributed by atoms with Gasteiger partial charge in [-0.3, -0.25) is 9.59 Å². The van der Waals surface area contributed by atoms with Gasteiger partial charge in [-0.1, -0.05) is 6.92 Å². The lowest BCUT2D eigenvalue weighted by atomic mass is 10.1. The smallest absolute Gasteiger partial charge is 0.341 e. The summed E-state index contributed by atoms with van der Waals surface area (Å²) >= 11 is 1.31. The molecule has 7 heteroatoms. The van der Waals surface area contributed by atoms with Gasteiger partial charge in [0, 0.05) is 17.8 Å². The SMILES string of the molecule is CC[C@@H](C)NC(=O)COC(=O)c1c(NC(C)=O)sc(C)c1C. The van der Waals surface area contributed by atoms with Crippen LogP contribution in [0.15, 0.2) is 0 Å². The van der Waals surface area contributed by atoms with Crippen molar-refractivity contribution < 1.29 is 19.1 Å². The van der Waals surface area contributed by atoms with Crippen LogP contribution in [-0.4, -0.2) is 30.4 Å². The molecule has 122 valence electrons. The van der Waals surface area contributed by atoms with E-state index >= 15 is 0 Å². The molecule has 0 saturated carbocycles. The standard InChI is InChI=1S/C15H22N2O4S/c1-6-8(2)16-12(19)7-21-15(20)13-9(3)10(4)22-14(13)17-11(5)18/h8H,6-7H2,1-5H3,(H,16,19)(H,17,18)/t8-/m1/s1. The third-order valence-corrected chi connectivity index (χ3v) is 4.36. The Morgan fingerprint density at radius 2 is 1.91 bits per heavy atom. The van der Waals surface area contributed by atoms with Gasteiger partial charge in [0.15, 0.2) is 6.61 Å². The summed E-state index contributed by atoms with van der Waals surface area (Å²) < 4.78 is 5.06. The highest BCUT2D eigenvalue weighted by molar-refractivity contribution is 7.16. The van der Waals surface area contributed by atoms with E-state index in [0.29, 0.717) is 10.6 Å². The van der Waals surface area contributed by atoms with Gasteiger partial charge in [0.05, 0.1) is 5.56 Å². The molecule has 0 unspecified atom stereocenters. The van der Waals surface area contributed by atoms with E-state index in [9.17, 15) is 14.4 Å². The van der Waals surface area contributed by atoms with Crippen LogP contribution >= 0.6 is 11.3 Å². The van der Waals surface area contributed by atoms with E-state index in [-0.39, 0.29) is 24.5 Å². The fourth-order valence-electron chi connectivity index (χ4n) is 1.74. The number of ether oxygens (including phenoxy) is 1. The van der Waals surface area contributed by atoms with E-state index in [1.165, 1.54) is 18.3 Å². The molecule has 0 radical (unpaired) electrons. The summed E-state index contributed by atoms with van der Waals surface area (Å²) in [4.78, 5) is 36.0. The fourth-order valence-corrected chi connectivity index (χ4v) is 2.84. The number of anilines is 1. The molecule has 2 N–H and O–H groups in total. The van der Waals surface area contributed by atoms with Crippen LogP contribution in [0.2, 0.25) is 0 Å². The lowest BCUT2D eigenvalue weighted by molar-refractivity contribution is -0.124. The summed E-state index contributed by atoms with van der Waals surface area (Å²) in [6.07, 6.45) is 0.801. The van der Waals surface area contributed by atoms with Crippen LogP contribution in [0.5, 0.6) is 0 Å². The molecule has 1 aromatic heterocycles. The molecule has 6 nitrogen and oxygen atoms in total. The average molecular weight is 326 g/mol. The summed E-state index contributed by atoms with van der Waals surface area (Å²) in [7, 11) is 0. The van der Waals surface area contributed by atoms with Crippen molar-refractivity contribution in [3.05, 3.63) is 16.0 Å². The molecule has 2 amide bonds. The van der Waals surface area contributed by atoms with Gasteiger partial charge in [-0.25, -0.2) is 4.79 Å². The van der Waals surface area contributed by atoms with E-state index in [1.54, 1.807) is 6.92 Å². The van der Waals surface area contributed by atoms with Crippen LogP contribution in [0, 0.1) is 13.8 Å². The second-order valence-electron chi connectivity index (χ2n) is 5.12. The summed E-state index contributed by atoms with van der Waals surface area (Å²) in [5.74, 6) is -1.21. The molecule has 1 heterocycles. The van der Waals surface area contributed by atoms with E-state index in [1.807, 2.05) is 20.8 Å². The van der Waals surface area contributed by atoms with Gasteiger partial charge < -0.3 is 15.4 Å². The number of hydrogen-bond acceptors (Lipinski definition) is 5. The van der Waals surface area contributed by atoms with Crippen molar-refractivity contribution in [2.75, 3.05) is 11.9 Å². The van der Waals surface area contributed by atoms with Gasteiger partial charge in [0.2, 0.25) is 5.91 Å². The van der Waals surface area contributed by atoms with Crippen molar-refractivity contribution in [1.82, 2.24) is 5.32 Å². The number of esters is 1. The molecule has 0 fully saturated rings. The number of carbonyl (C=O) groups is 3. The summed E-state index contributed by atoms with van der Waals surface area (Å²) in [6, 6.07) is 0.0336. The first-order chi connectivity index (χ1) is 10.3. The van der Waals surface area contributed by atoms with Crippen molar-refractivity contribution in [3.63, 3.8) is 0 Å². The molecule has 1 atom stereocenters. The molecule has 0 aliphatic carbocycles. The number of nitrogens with one attached hydrogen (secondary N) is 2. The Morgan fingerprint density at radius 3 is 2.45 bits per heavy atom. The quantitative estimate of drug-likeness (QED) is 0.786. The lowest BCUT2D eigenvalue weighted by Gasteiger charge is -2.12. The van der Waals surface area contributed by atoms with Crippen LogP contribution in [0.1, 0.15) is 48.0 Å². The molecule has 0 aromatic carbocycles. The number of rotatable bonds is 6. The molecule has 0 aliphatic rings. The van der Waals surface area contributed by atoms with Gasteiger partial charge >= 0.3 is 5.97 Å². The molecule has 1 aromatic rings. The minimum absolute atomic E-state index is 0.0336. The fraction of sp³-hybridized carbons (Fsp3) is 0.533. The Morgan fingerprint density at radius 1 is 1.27 bits per heavy atom. The van der Waals surface area contributed by atoms with E-state index in [4.69, 9.17) is 4.74 Å². The average Bonchev–Trinajstić information content (AvgIpc) is 2.70. The number of hydrogen-bond donors (Lipinski definition) is 2. The molecule has 0 spiro atoms. The number of aryl methyl sites for hydroxylation is 1. The Bertz CT molecular complexity index is 580. The molecular weight excluding hydrogens is 304 g/mol.